The molecule has 2 aromatic carbocycles. The standard InChI is InChI=1S/C24H14N2OS/c1-3-17-12-20-8-9-21-13-19(15-26-24(21)23(20)25-14-17)5-4-18-6-10-22(11-7-18)28-16(2)27/h1,6-15H,2H3. The van der Waals surface area contributed by atoms with E-state index in [9.17, 15) is 4.79 Å². The second-order valence-corrected chi connectivity index (χ2v) is 7.42. The lowest BCUT2D eigenvalue weighted by Gasteiger charge is -2.03. The van der Waals surface area contributed by atoms with Crippen LogP contribution in [0.2, 0.25) is 0 Å². The Morgan fingerprint density at radius 3 is 2.04 bits per heavy atom. The Morgan fingerprint density at radius 2 is 1.43 bits per heavy atom. The summed E-state index contributed by atoms with van der Waals surface area (Å²) in [5, 5.41) is 2.02. The van der Waals surface area contributed by atoms with Crippen LogP contribution >= 0.6 is 11.8 Å². The first-order valence-corrected chi connectivity index (χ1v) is 9.40. The molecule has 0 unspecified atom stereocenters. The van der Waals surface area contributed by atoms with Crippen molar-refractivity contribution in [2.24, 2.45) is 0 Å². The Hall–Kier alpha value is -3.60. The van der Waals surface area contributed by atoms with Crippen LogP contribution in [0.5, 0.6) is 0 Å². The van der Waals surface area contributed by atoms with E-state index in [1.807, 2.05) is 48.5 Å². The Labute approximate surface area is 167 Å². The second kappa shape index (κ2) is 7.56. The van der Waals surface area contributed by atoms with Crippen molar-refractivity contribution < 1.29 is 4.79 Å². The lowest BCUT2D eigenvalue weighted by molar-refractivity contribution is -0.109. The Morgan fingerprint density at radius 1 is 0.857 bits per heavy atom. The predicted octanol–water partition coefficient (Wildman–Crippen LogP) is 4.80. The van der Waals surface area contributed by atoms with Crippen molar-refractivity contribution in [1.29, 1.82) is 0 Å². The van der Waals surface area contributed by atoms with E-state index in [-0.39, 0.29) is 5.12 Å². The molecule has 0 N–H and O–H groups in total. The molecule has 0 saturated heterocycles. The zero-order valence-corrected chi connectivity index (χ0v) is 15.9. The molecular formula is C24H14N2OS. The summed E-state index contributed by atoms with van der Waals surface area (Å²) in [5.41, 5.74) is 4.12. The van der Waals surface area contributed by atoms with Crippen LogP contribution in [-0.4, -0.2) is 15.1 Å². The van der Waals surface area contributed by atoms with Crippen LogP contribution in [0.1, 0.15) is 23.6 Å². The van der Waals surface area contributed by atoms with Crippen LogP contribution < -0.4 is 0 Å². The minimum absolute atomic E-state index is 0.0681. The van der Waals surface area contributed by atoms with Crippen LogP contribution in [-0.2, 0) is 4.79 Å². The fourth-order valence-electron chi connectivity index (χ4n) is 2.86. The van der Waals surface area contributed by atoms with Gasteiger partial charge in [-0.3, -0.25) is 14.8 Å². The molecule has 4 rings (SSSR count). The number of hydrogen-bond donors (Lipinski definition) is 0. The lowest BCUT2D eigenvalue weighted by Crippen LogP contribution is -1.88. The Balaban J connectivity index is 1.65. The van der Waals surface area contributed by atoms with Gasteiger partial charge in [-0.15, -0.1) is 6.42 Å². The van der Waals surface area contributed by atoms with Gasteiger partial charge >= 0.3 is 0 Å². The Kier molecular flexibility index (Phi) is 4.81. The number of benzene rings is 2. The zero-order valence-electron chi connectivity index (χ0n) is 15.1. The number of aromatic nitrogens is 2. The predicted molar refractivity (Wildman–Crippen MR) is 114 cm³/mol. The van der Waals surface area contributed by atoms with Gasteiger partial charge in [0.1, 0.15) is 0 Å². The van der Waals surface area contributed by atoms with Crippen molar-refractivity contribution in [3.8, 4) is 24.2 Å². The number of thioether (sulfide) groups is 1. The Bertz CT molecular complexity index is 1320. The first kappa shape index (κ1) is 17.8. The van der Waals surface area contributed by atoms with Gasteiger partial charge in [0.2, 0.25) is 0 Å². The molecule has 0 saturated carbocycles. The number of pyridine rings is 2. The molecule has 28 heavy (non-hydrogen) atoms. The molecule has 2 aromatic heterocycles. The highest BCUT2D eigenvalue weighted by molar-refractivity contribution is 8.13. The fraction of sp³-hybridized carbons (Fsp3) is 0.0417. The molecule has 4 heteroatoms. The molecular weight excluding hydrogens is 364 g/mol. The van der Waals surface area contributed by atoms with E-state index in [2.05, 4.69) is 27.7 Å². The zero-order chi connectivity index (χ0) is 19.5. The SMILES string of the molecule is C#Cc1cnc2c(ccc3cc(C#Cc4ccc(SC(C)=O)cc4)cnc32)c1. The summed E-state index contributed by atoms with van der Waals surface area (Å²) in [4.78, 5) is 21.1. The molecule has 0 aliphatic rings. The van der Waals surface area contributed by atoms with Crippen LogP contribution in [0.3, 0.4) is 0 Å². The fourth-order valence-corrected chi connectivity index (χ4v) is 3.46. The van der Waals surface area contributed by atoms with E-state index in [1.54, 1.807) is 19.3 Å². The van der Waals surface area contributed by atoms with Crippen molar-refractivity contribution in [1.82, 2.24) is 9.97 Å². The number of rotatable bonds is 1. The third-order valence-electron chi connectivity index (χ3n) is 4.13. The maximum Gasteiger partial charge on any atom is 0.190 e. The molecule has 0 spiro atoms. The van der Waals surface area contributed by atoms with Gasteiger partial charge in [0.15, 0.2) is 5.12 Å². The van der Waals surface area contributed by atoms with Crippen LogP contribution in [0, 0.1) is 24.2 Å². The molecule has 0 amide bonds. The van der Waals surface area contributed by atoms with Gasteiger partial charge in [-0.25, -0.2) is 0 Å². The maximum absolute atomic E-state index is 11.1. The van der Waals surface area contributed by atoms with Gasteiger partial charge in [-0.2, -0.15) is 0 Å². The largest absolute Gasteiger partial charge is 0.287 e. The van der Waals surface area contributed by atoms with E-state index < -0.39 is 0 Å². The van der Waals surface area contributed by atoms with E-state index in [1.165, 1.54) is 11.8 Å². The summed E-state index contributed by atoms with van der Waals surface area (Å²) >= 11 is 1.21. The number of carbonyl (C=O) groups excluding carboxylic acids is 1. The highest BCUT2D eigenvalue weighted by Crippen LogP contribution is 2.23. The smallest absolute Gasteiger partial charge is 0.190 e. The number of hydrogen-bond acceptors (Lipinski definition) is 4. The van der Waals surface area contributed by atoms with E-state index >= 15 is 0 Å². The van der Waals surface area contributed by atoms with Crippen LogP contribution in [0.25, 0.3) is 21.8 Å². The van der Waals surface area contributed by atoms with Gasteiger partial charge in [0, 0.05) is 51.7 Å². The summed E-state index contributed by atoms with van der Waals surface area (Å²) in [5.74, 6) is 8.88. The molecule has 3 nitrogen and oxygen atoms in total. The molecule has 0 atom stereocenters. The summed E-state index contributed by atoms with van der Waals surface area (Å²) in [6, 6.07) is 15.6. The molecule has 0 aliphatic carbocycles. The van der Waals surface area contributed by atoms with Crippen LogP contribution in [0.15, 0.2) is 65.8 Å². The number of carbonyl (C=O) groups is 1. The lowest BCUT2D eigenvalue weighted by atomic mass is 10.1. The third-order valence-corrected chi connectivity index (χ3v) is 4.93. The minimum Gasteiger partial charge on any atom is -0.287 e. The van der Waals surface area contributed by atoms with Gasteiger partial charge in [-0.05, 0) is 36.4 Å². The second-order valence-electron chi connectivity index (χ2n) is 6.17. The molecule has 0 bridgehead atoms. The highest BCUT2D eigenvalue weighted by Gasteiger charge is 2.05. The minimum atomic E-state index is 0.0681. The monoisotopic (exact) mass is 378 g/mol. The number of terminal acetylenes is 1. The van der Waals surface area contributed by atoms with Crippen molar-refractivity contribution in [3.63, 3.8) is 0 Å². The quantitative estimate of drug-likeness (QED) is 0.271. The molecule has 0 aliphatic heterocycles. The first-order valence-electron chi connectivity index (χ1n) is 8.58. The van der Waals surface area contributed by atoms with Crippen molar-refractivity contribution in [2.45, 2.75) is 11.8 Å². The van der Waals surface area contributed by atoms with Gasteiger partial charge in [-0.1, -0.05) is 41.7 Å². The normalized spacial score (nSPS) is 10.3. The van der Waals surface area contributed by atoms with E-state index in [0.29, 0.717) is 0 Å². The van der Waals surface area contributed by atoms with Crippen molar-refractivity contribution >= 4 is 38.7 Å². The van der Waals surface area contributed by atoms with Gasteiger partial charge in [0.25, 0.3) is 0 Å². The van der Waals surface area contributed by atoms with E-state index in [4.69, 9.17) is 6.42 Å². The molecule has 132 valence electrons. The first-order chi connectivity index (χ1) is 13.6. The maximum atomic E-state index is 11.1. The molecule has 4 aromatic rings. The van der Waals surface area contributed by atoms with Crippen LogP contribution in [0.4, 0.5) is 0 Å². The van der Waals surface area contributed by atoms with Gasteiger partial charge in [0.05, 0.1) is 11.0 Å². The third kappa shape index (κ3) is 3.74. The molecule has 0 radical (unpaired) electrons. The summed E-state index contributed by atoms with van der Waals surface area (Å²) in [6.07, 6.45) is 8.89. The number of fused-ring (bicyclic) bond motifs is 3. The summed E-state index contributed by atoms with van der Waals surface area (Å²) < 4.78 is 0. The number of nitrogens with zero attached hydrogens (tertiary/aromatic N) is 2. The van der Waals surface area contributed by atoms with E-state index in [0.717, 1.165) is 43.4 Å². The van der Waals surface area contributed by atoms with Crippen molar-refractivity contribution in [3.05, 3.63) is 77.6 Å². The summed E-state index contributed by atoms with van der Waals surface area (Å²) in [7, 11) is 0. The molecule has 2 heterocycles. The summed E-state index contributed by atoms with van der Waals surface area (Å²) in [6.45, 7) is 1.55. The molecule has 0 fully saturated rings. The van der Waals surface area contributed by atoms with Gasteiger partial charge < -0.3 is 0 Å². The highest BCUT2D eigenvalue weighted by atomic mass is 32.2. The average Bonchev–Trinajstić information content (AvgIpc) is 2.72. The topological polar surface area (TPSA) is 42.9 Å². The van der Waals surface area contributed by atoms with Crippen molar-refractivity contribution in [2.75, 3.05) is 0 Å². The average molecular weight is 378 g/mol.